The fourth-order valence-corrected chi connectivity index (χ4v) is 0. The Morgan fingerprint density at radius 1 is 1.83 bits per heavy atom. The second kappa shape index (κ2) is 1.45. The summed E-state index contributed by atoms with van der Waals surface area (Å²) in [5.74, 6) is -1.84. The molecule has 0 atom stereocenters. The molecule has 0 aliphatic carbocycles. The minimum absolute atomic E-state index is 0.713. The topological polar surface area (TPSA) is 61.1 Å². The summed E-state index contributed by atoms with van der Waals surface area (Å²) in [5, 5.41) is 7.90. The van der Waals surface area contributed by atoms with Gasteiger partial charge in [-0.2, -0.15) is 0 Å². The van der Waals surface area contributed by atoms with E-state index in [2.05, 4.69) is 6.58 Å². The van der Waals surface area contributed by atoms with Crippen molar-refractivity contribution in [1.29, 1.82) is 0 Å². The average molecular weight is 86.1 g/mol. The van der Waals surface area contributed by atoms with Gasteiger partial charge in [0.2, 0.25) is 0 Å². The highest BCUT2D eigenvalue weighted by molar-refractivity contribution is 5.87. The van der Waals surface area contributed by atoms with Crippen molar-refractivity contribution in [3.63, 3.8) is 0 Å². The summed E-state index contributed by atoms with van der Waals surface area (Å²) < 4.78 is 0. The maximum atomic E-state index is 9.46. The Morgan fingerprint density at radius 3 is 2.00 bits per heavy atom. The van der Waals surface area contributed by atoms with Crippen molar-refractivity contribution in [2.75, 3.05) is 0 Å². The predicted octanol–water partition coefficient (Wildman–Crippen LogP) is -0.132. The van der Waals surface area contributed by atoms with Crippen LogP contribution >= 0.6 is 0 Å². The molecule has 0 rings (SSSR count). The van der Waals surface area contributed by atoms with Crippen LogP contribution in [-0.2, 0) is 4.79 Å². The highest BCUT2D eigenvalue weighted by Gasteiger charge is 1.92. The number of nitrogens with one attached hydrogen (secondary N) is 1. The molecule has 6 heavy (non-hydrogen) atoms. The summed E-state index contributed by atoms with van der Waals surface area (Å²) in [6.45, 7) is 2.77. The molecule has 0 aromatic rings. The van der Waals surface area contributed by atoms with Crippen LogP contribution in [0, 0.1) is 0 Å². The monoisotopic (exact) mass is 86.0 g/mol. The molecule has 0 aliphatic rings. The van der Waals surface area contributed by atoms with E-state index in [1.54, 1.807) is 0 Å². The Labute approximate surface area is 35.1 Å². The number of amides is 1. The molecule has 0 aromatic heterocycles. The minimum atomic E-state index is -1.13. The standard InChI is InChI=1S/C3H4NO2/c1-2(5)3(4)6/h4-5H,1H2. The maximum Gasteiger partial charge on any atom is 0.303 e. The highest BCUT2D eigenvalue weighted by Crippen LogP contribution is 1.74. The Bertz CT molecular complexity index is 74.8. The van der Waals surface area contributed by atoms with Gasteiger partial charge < -0.3 is 5.11 Å². The Morgan fingerprint density at radius 2 is 2.00 bits per heavy atom. The van der Waals surface area contributed by atoms with Crippen molar-refractivity contribution in [3.05, 3.63) is 12.3 Å². The molecule has 0 aliphatic heterocycles. The lowest BCUT2D eigenvalue weighted by molar-refractivity contribution is -0.117. The van der Waals surface area contributed by atoms with E-state index in [-0.39, 0.29) is 0 Å². The lowest BCUT2D eigenvalue weighted by atomic mass is 10.6. The van der Waals surface area contributed by atoms with Gasteiger partial charge in [0, 0.05) is 0 Å². The predicted molar refractivity (Wildman–Crippen MR) is 19.9 cm³/mol. The van der Waals surface area contributed by atoms with Gasteiger partial charge in [0.1, 0.15) is 0 Å². The molecule has 0 spiro atoms. The first kappa shape index (κ1) is 5.01. The SMILES string of the molecule is C=C(O)C([NH])=O. The van der Waals surface area contributed by atoms with Crippen LogP contribution in [0.4, 0.5) is 0 Å². The number of aliphatic hydroxyl groups is 1. The van der Waals surface area contributed by atoms with E-state index in [0.29, 0.717) is 0 Å². The van der Waals surface area contributed by atoms with Gasteiger partial charge in [-0.15, -0.1) is 0 Å². The van der Waals surface area contributed by atoms with Gasteiger partial charge in [-0.25, -0.2) is 0 Å². The molecular weight excluding hydrogens is 82.0 g/mol. The molecule has 0 saturated heterocycles. The van der Waals surface area contributed by atoms with E-state index in [1.807, 2.05) is 0 Å². The minimum Gasteiger partial charge on any atom is -0.503 e. The molecule has 0 unspecified atom stereocenters. The number of carbonyl (C=O) groups excluding carboxylic acids is 1. The van der Waals surface area contributed by atoms with E-state index >= 15 is 0 Å². The van der Waals surface area contributed by atoms with Gasteiger partial charge in [0.05, 0.1) is 0 Å². The van der Waals surface area contributed by atoms with Gasteiger partial charge in [-0.1, -0.05) is 6.58 Å². The smallest absolute Gasteiger partial charge is 0.303 e. The molecule has 0 bridgehead atoms. The van der Waals surface area contributed by atoms with E-state index in [4.69, 9.17) is 10.8 Å². The van der Waals surface area contributed by atoms with E-state index in [1.165, 1.54) is 0 Å². The van der Waals surface area contributed by atoms with Gasteiger partial charge in [0.25, 0.3) is 0 Å². The van der Waals surface area contributed by atoms with Crippen molar-refractivity contribution in [1.82, 2.24) is 5.73 Å². The molecule has 2 N–H and O–H groups in total. The van der Waals surface area contributed by atoms with Crippen molar-refractivity contribution in [2.45, 2.75) is 0 Å². The third kappa shape index (κ3) is 1.34. The molecule has 3 heteroatoms. The lowest BCUT2D eigenvalue weighted by Gasteiger charge is -1.79. The number of aliphatic hydroxyl groups excluding tert-OH is 1. The van der Waals surface area contributed by atoms with Crippen LogP contribution < -0.4 is 5.73 Å². The van der Waals surface area contributed by atoms with E-state index in [9.17, 15) is 4.79 Å². The fourth-order valence-electron chi connectivity index (χ4n) is 0. The lowest BCUT2D eigenvalue weighted by Crippen LogP contribution is -1.98. The molecule has 1 radical (unpaired) electrons. The molecular formula is C3H4NO2. The summed E-state index contributed by atoms with van der Waals surface area (Å²) in [4.78, 5) is 9.46. The quantitative estimate of drug-likeness (QED) is 0.357. The third-order valence-electron chi connectivity index (χ3n) is 0.262. The molecule has 1 amide bonds. The first-order valence-electron chi connectivity index (χ1n) is 1.28. The Kier molecular flexibility index (Phi) is 1.21. The number of rotatable bonds is 1. The fraction of sp³-hybridized carbons (Fsp3) is 0. The van der Waals surface area contributed by atoms with Crippen LogP contribution in [-0.4, -0.2) is 11.0 Å². The first-order chi connectivity index (χ1) is 2.64. The summed E-state index contributed by atoms with van der Waals surface area (Å²) in [6, 6.07) is 0. The number of hydrogen-bond acceptors (Lipinski definition) is 2. The maximum absolute atomic E-state index is 9.46. The van der Waals surface area contributed by atoms with Crippen LogP contribution in [0.1, 0.15) is 0 Å². The summed E-state index contributed by atoms with van der Waals surface area (Å²) in [6.07, 6.45) is 0. The van der Waals surface area contributed by atoms with Crippen LogP contribution in [0.15, 0.2) is 12.3 Å². The molecule has 3 nitrogen and oxygen atoms in total. The Balaban J connectivity index is 3.57. The zero-order valence-electron chi connectivity index (χ0n) is 3.06. The first-order valence-corrected chi connectivity index (χ1v) is 1.28. The van der Waals surface area contributed by atoms with Gasteiger partial charge >= 0.3 is 5.91 Å². The zero-order chi connectivity index (χ0) is 5.15. The largest absolute Gasteiger partial charge is 0.503 e. The molecule has 0 fully saturated rings. The second-order valence-corrected chi connectivity index (χ2v) is 0.776. The van der Waals surface area contributed by atoms with Crippen LogP contribution in [0.2, 0.25) is 0 Å². The van der Waals surface area contributed by atoms with Crippen LogP contribution in [0.3, 0.4) is 0 Å². The van der Waals surface area contributed by atoms with Crippen molar-refractivity contribution >= 4 is 5.91 Å². The summed E-state index contributed by atoms with van der Waals surface area (Å²) >= 11 is 0. The normalized spacial score (nSPS) is 7.33. The van der Waals surface area contributed by atoms with E-state index < -0.39 is 11.7 Å². The molecule has 0 aromatic carbocycles. The molecule has 33 valence electrons. The molecule has 0 heterocycles. The summed E-state index contributed by atoms with van der Waals surface area (Å²) in [5.41, 5.74) is 6.04. The number of hydrogen-bond donors (Lipinski definition) is 1. The Hall–Kier alpha value is -0.990. The summed E-state index contributed by atoms with van der Waals surface area (Å²) in [7, 11) is 0. The van der Waals surface area contributed by atoms with Gasteiger partial charge in [-0.05, 0) is 0 Å². The van der Waals surface area contributed by atoms with Crippen molar-refractivity contribution in [2.24, 2.45) is 0 Å². The highest BCUT2D eigenvalue weighted by atomic mass is 16.3. The number of carbonyl (C=O) groups is 1. The molecule has 0 saturated carbocycles. The second-order valence-electron chi connectivity index (χ2n) is 0.776. The van der Waals surface area contributed by atoms with Crippen molar-refractivity contribution < 1.29 is 9.90 Å². The van der Waals surface area contributed by atoms with Gasteiger partial charge in [-0.3, -0.25) is 10.5 Å². The van der Waals surface area contributed by atoms with Crippen LogP contribution in [0.25, 0.3) is 0 Å². The third-order valence-corrected chi connectivity index (χ3v) is 0.262. The zero-order valence-corrected chi connectivity index (χ0v) is 3.06. The van der Waals surface area contributed by atoms with Crippen LogP contribution in [0.5, 0.6) is 0 Å². The average Bonchev–Trinajstić information content (AvgIpc) is 1.36. The van der Waals surface area contributed by atoms with E-state index in [0.717, 1.165) is 0 Å². The van der Waals surface area contributed by atoms with Gasteiger partial charge in [0.15, 0.2) is 5.76 Å². The van der Waals surface area contributed by atoms with Crippen molar-refractivity contribution in [3.8, 4) is 0 Å².